The molecule has 1 atom stereocenters. The van der Waals surface area contributed by atoms with Gasteiger partial charge >= 0.3 is 5.97 Å². The van der Waals surface area contributed by atoms with E-state index in [9.17, 15) is 9.59 Å². The molecule has 1 N–H and O–H groups in total. The number of rotatable bonds is 6. The van der Waals surface area contributed by atoms with Crippen LogP contribution in [-0.2, 0) is 9.53 Å². The summed E-state index contributed by atoms with van der Waals surface area (Å²) in [5, 5.41) is 2.85. The number of carbonyl (C=O) groups excluding carboxylic acids is 2. The van der Waals surface area contributed by atoms with Crippen molar-refractivity contribution < 1.29 is 23.8 Å². The van der Waals surface area contributed by atoms with Crippen molar-refractivity contribution in [2.45, 2.75) is 40.7 Å². The number of esters is 1. The normalized spacial score (nSPS) is 11.5. The molecule has 0 heterocycles. The first-order valence-corrected chi connectivity index (χ1v) is 9.00. The van der Waals surface area contributed by atoms with Gasteiger partial charge in [0.05, 0.1) is 19.8 Å². The Bertz CT molecular complexity index is 856. The van der Waals surface area contributed by atoms with Gasteiger partial charge in [0, 0.05) is 11.3 Å². The third kappa shape index (κ3) is 4.63. The fraction of sp³-hybridized carbons (Fsp3) is 0.364. The highest BCUT2D eigenvalue weighted by Crippen LogP contribution is 2.30. The van der Waals surface area contributed by atoms with Gasteiger partial charge in [-0.25, -0.2) is 4.79 Å². The molecule has 2 rings (SSSR count). The van der Waals surface area contributed by atoms with Crippen molar-refractivity contribution in [1.29, 1.82) is 0 Å². The van der Waals surface area contributed by atoms with E-state index in [2.05, 4.69) is 5.32 Å². The zero-order chi connectivity index (χ0) is 21.0. The first kappa shape index (κ1) is 21.3. The van der Waals surface area contributed by atoms with Crippen LogP contribution in [0.4, 0.5) is 5.69 Å². The summed E-state index contributed by atoms with van der Waals surface area (Å²) < 4.78 is 15.9. The molecular formula is C22H27NO5. The van der Waals surface area contributed by atoms with Gasteiger partial charge in [0.15, 0.2) is 6.10 Å². The molecule has 2 aromatic rings. The van der Waals surface area contributed by atoms with Crippen LogP contribution < -0.4 is 14.8 Å². The predicted molar refractivity (Wildman–Crippen MR) is 108 cm³/mol. The second-order valence-corrected chi connectivity index (χ2v) is 6.82. The topological polar surface area (TPSA) is 73.9 Å². The van der Waals surface area contributed by atoms with Crippen LogP contribution in [0.15, 0.2) is 24.3 Å². The number of benzene rings is 2. The van der Waals surface area contributed by atoms with Crippen molar-refractivity contribution >= 4 is 17.6 Å². The standard InChI is InChI=1S/C22H27NO5/c1-12-8-13(2)20(14(3)9-12)23-21(24)16(5)28-22(25)17-10-18(26-6)15(4)19(11-17)27-7/h8-11,16H,1-7H3,(H,23,24). The minimum atomic E-state index is -0.967. The van der Waals surface area contributed by atoms with E-state index in [0.717, 1.165) is 27.9 Å². The molecule has 2 aromatic carbocycles. The minimum Gasteiger partial charge on any atom is -0.496 e. The van der Waals surface area contributed by atoms with E-state index in [-0.39, 0.29) is 5.56 Å². The minimum absolute atomic E-state index is 0.252. The maximum absolute atomic E-state index is 12.5. The second-order valence-electron chi connectivity index (χ2n) is 6.82. The summed E-state index contributed by atoms with van der Waals surface area (Å²) in [6, 6.07) is 7.12. The summed E-state index contributed by atoms with van der Waals surface area (Å²) in [5.41, 5.74) is 4.79. The first-order chi connectivity index (χ1) is 13.2. The molecule has 0 fully saturated rings. The van der Waals surface area contributed by atoms with E-state index in [1.54, 1.807) is 12.1 Å². The number of ether oxygens (including phenoxy) is 3. The zero-order valence-electron chi connectivity index (χ0n) is 17.4. The molecule has 0 spiro atoms. The maximum Gasteiger partial charge on any atom is 0.339 e. The summed E-state index contributed by atoms with van der Waals surface area (Å²) in [7, 11) is 3.03. The Morgan fingerprint density at radius 1 is 0.893 bits per heavy atom. The van der Waals surface area contributed by atoms with Crippen LogP contribution in [0.25, 0.3) is 0 Å². The Morgan fingerprint density at radius 3 is 1.86 bits per heavy atom. The van der Waals surface area contributed by atoms with Gasteiger partial charge in [0.2, 0.25) is 0 Å². The van der Waals surface area contributed by atoms with E-state index >= 15 is 0 Å². The molecule has 0 aromatic heterocycles. The SMILES string of the molecule is COc1cc(C(=O)OC(C)C(=O)Nc2c(C)cc(C)cc2C)cc(OC)c1C. The lowest BCUT2D eigenvalue weighted by atomic mass is 10.0. The van der Waals surface area contributed by atoms with Crippen LogP contribution in [0.2, 0.25) is 0 Å². The molecule has 1 unspecified atom stereocenters. The highest BCUT2D eigenvalue weighted by atomic mass is 16.5. The van der Waals surface area contributed by atoms with Crippen molar-refractivity contribution in [1.82, 2.24) is 0 Å². The molecule has 6 nitrogen and oxygen atoms in total. The van der Waals surface area contributed by atoms with Crippen LogP contribution in [0, 0.1) is 27.7 Å². The molecule has 0 saturated heterocycles. The van der Waals surface area contributed by atoms with E-state index in [1.165, 1.54) is 21.1 Å². The molecule has 28 heavy (non-hydrogen) atoms. The largest absolute Gasteiger partial charge is 0.496 e. The van der Waals surface area contributed by atoms with Gasteiger partial charge in [-0.1, -0.05) is 17.7 Å². The molecule has 0 saturated carbocycles. The maximum atomic E-state index is 12.5. The summed E-state index contributed by atoms with van der Waals surface area (Å²) in [6.07, 6.45) is -0.967. The third-order valence-electron chi connectivity index (χ3n) is 4.57. The Balaban J connectivity index is 2.15. The van der Waals surface area contributed by atoms with Crippen LogP contribution in [0.1, 0.15) is 39.5 Å². The van der Waals surface area contributed by atoms with Crippen LogP contribution in [0.3, 0.4) is 0 Å². The number of anilines is 1. The Morgan fingerprint density at radius 2 is 1.39 bits per heavy atom. The molecule has 0 bridgehead atoms. The smallest absolute Gasteiger partial charge is 0.339 e. The number of aryl methyl sites for hydroxylation is 3. The molecule has 6 heteroatoms. The highest BCUT2D eigenvalue weighted by Gasteiger charge is 2.22. The van der Waals surface area contributed by atoms with E-state index in [1.807, 2.05) is 39.8 Å². The lowest BCUT2D eigenvalue weighted by molar-refractivity contribution is -0.123. The average molecular weight is 385 g/mol. The fourth-order valence-electron chi connectivity index (χ4n) is 3.09. The number of methoxy groups -OCH3 is 2. The lowest BCUT2D eigenvalue weighted by Crippen LogP contribution is -2.30. The van der Waals surface area contributed by atoms with Crippen LogP contribution >= 0.6 is 0 Å². The molecule has 0 radical (unpaired) electrons. The molecule has 0 aliphatic rings. The number of nitrogens with one attached hydrogen (secondary N) is 1. The van der Waals surface area contributed by atoms with Gasteiger partial charge < -0.3 is 19.5 Å². The van der Waals surface area contributed by atoms with Gasteiger partial charge in [-0.3, -0.25) is 4.79 Å². The molecule has 0 aliphatic carbocycles. The zero-order valence-corrected chi connectivity index (χ0v) is 17.4. The van der Waals surface area contributed by atoms with E-state index in [4.69, 9.17) is 14.2 Å². The fourth-order valence-corrected chi connectivity index (χ4v) is 3.09. The highest BCUT2D eigenvalue weighted by molar-refractivity contribution is 5.98. The molecule has 1 amide bonds. The Labute approximate surface area is 165 Å². The molecular weight excluding hydrogens is 358 g/mol. The predicted octanol–water partition coefficient (Wildman–Crippen LogP) is 4.12. The summed E-state index contributed by atoms with van der Waals surface area (Å²) in [5.74, 6) is -0.00494. The van der Waals surface area contributed by atoms with Gasteiger partial charge in [0.25, 0.3) is 5.91 Å². The first-order valence-electron chi connectivity index (χ1n) is 9.00. The number of hydrogen-bond acceptors (Lipinski definition) is 5. The number of carbonyl (C=O) groups is 2. The van der Waals surface area contributed by atoms with Crippen LogP contribution in [-0.4, -0.2) is 32.2 Å². The quantitative estimate of drug-likeness (QED) is 0.757. The summed E-state index contributed by atoms with van der Waals surface area (Å²) in [6.45, 7) is 9.22. The van der Waals surface area contributed by atoms with Crippen molar-refractivity contribution in [3.8, 4) is 11.5 Å². The van der Waals surface area contributed by atoms with Gasteiger partial charge in [-0.15, -0.1) is 0 Å². The second kappa shape index (κ2) is 8.78. The number of amides is 1. The van der Waals surface area contributed by atoms with E-state index in [0.29, 0.717) is 11.5 Å². The Kier molecular flexibility index (Phi) is 6.67. The van der Waals surface area contributed by atoms with Gasteiger partial charge in [0.1, 0.15) is 11.5 Å². The van der Waals surface area contributed by atoms with Crippen molar-refractivity contribution in [2.24, 2.45) is 0 Å². The number of hydrogen-bond donors (Lipinski definition) is 1. The molecule has 0 aliphatic heterocycles. The van der Waals surface area contributed by atoms with Crippen LogP contribution in [0.5, 0.6) is 11.5 Å². The van der Waals surface area contributed by atoms with Crippen molar-refractivity contribution in [3.05, 3.63) is 52.1 Å². The van der Waals surface area contributed by atoms with Gasteiger partial charge in [-0.05, 0) is 57.9 Å². The summed E-state index contributed by atoms with van der Waals surface area (Å²) in [4.78, 5) is 25.1. The van der Waals surface area contributed by atoms with Gasteiger partial charge in [-0.2, -0.15) is 0 Å². The Hall–Kier alpha value is -3.02. The average Bonchev–Trinajstić information content (AvgIpc) is 2.64. The monoisotopic (exact) mass is 385 g/mol. The molecule has 150 valence electrons. The van der Waals surface area contributed by atoms with Crippen molar-refractivity contribution in [3.63, 3.8) is 0 Å². The van der Waals surface area contributed by atoms with Crippen molar-refractivity contribution in [2.75, 3.05) is 19.5 Å². The summed E-state index contributed by atoms with van der Waals surface area (Å²) >= 11 is 0. The lowest BCUT2D eigenvalue weighted by Gasteiger charge is -2.17. The third-order valence-corrected chi connectivity index (χ3v) is 4.57. The van der Waals surface area contributed by atoms with E-state index < -0.39 is 18.0 Å².